The Labute approximate surface area is 138 Å². The number of carboxylic acids is 1. The molecule has 1 aliphatic heterocycles. The van der Waals surface area contributed by atoms with Crippen molar-refractivity contribution in [3.8, 4) is 6.07 Å². The molecule has 1 aromatic heterocycles. The van der Waals surface area contributed by atoms with Crippen LogP contribution >= 0.6 is 0 Å². The maximum absolute atomic E-state index is 11.3. The van der Waals surface area contributed by atoms with Crippen LogP contribution in [0.1, 0.15) is 25.1 Å². The van der Waals surface area contributed by atoms with E-state index in [1.807, 2.05) is 25.1 Å². The molecule has 0 amide bonds. The number of aryl methyl sites for hydroxylation is 1. The van der Waals surface area contributed by atoms with Gasteiger partial charge in [-0.2, -0.15) is 20.9 Å². The number of fused-ring (bicyclic) bond motifs is 1. The molecule has 0 bridgehead atoms. The van der Waals surface area contributed by atoms with Crippen molar-refractivity contribution >= 4 is 28.8 Å². The third kappa shape index (κ3) is 2.07. The van der Waals surface area contributed by atoms with Crippen LogP contribution in [0.4, 0.5) is 5.69 Å². The van der Waals surface area contributed by atoms with E-state index < -0.39 is 11.5 Å². The highest BCUT2D eigenvalue weighted by atomic mass is 16.4. The Hall–Kier alpha value is -2.85. The van der Waals surface area contributed by atoms with Crippen molar-refractivity contribution in [3.05, 3.63) is 30.0 Å². The maximum atomic E-state index is 11.3. The second-order valence-electron chi connectivity index (χ2n) is 6.61. The van der Waals surface area contributed by atoms with Crippen molar-refractivity contribution in [2.75, 3.05) is 5.12 Å². The van der Waals surface area contributed by atoms with Crippen molar-refractivity contribution in [3.63, 3.8) is 0 Å². The molecule has 1 saturated carbocycles. The number of aliphatic carboxylic acids is 1. The van der Waals surface area contributed by atoms with Gasteiger partial charge in [0, 0.05) is 16.6 Å². The number of nitrogens with one attached hydrogen (secondary N) is 1. The zero-order valence-electron chi connectivity index (χ0n) is 13.4. The Morgan fingerprint density at radius 2 is 2.29 bits per heavy atom. The lowest BCUT2D eigenvalue weighted by atomic mass is 10.1. The number of benzene rings is 1. The zero-order valence-corrected chi connectivity index (χ0v) is 13.4. The van der Waals surface area contributed by atoms with Crippen molar-refractivity contribution < 1.29 is 9.90 Å². The Bertz CT molecular complexity index is 925. The molecule has 2 N–H and O–H groups in total. The first-order valence-electron chi connectivity index (χ1n) is 7.80. The van der Waals surface area contributed by atoms with Gasteiger partial charge in [0.1, 0.15) is 0 Å². The van der Waals surface area contributed by atoms with E-state index in [1.54, 1.807) is 6.92 Å². The van der Waals surface area contributed by atoms with Crippen LogP contribution in [0.3, 0.4) is 0 Å². The zero-order chi connectivity index (χ0) is 17.1. The van der Waals surface area contributed by atoms with Crippen molar-refractivity contribution in [2.24, 2.45) is 11.0 Å². The lowest BCUT2D eigenvalue weighted by molar-refractivity contribution is -0.140. The van der Waals surface area contributed by atoms with Crippen LogP contribution in [-0.4, -0.2) is 27.4 Å². The van der Waals surface area contributed by atoms with Gasteiger partial charge in [0.25, 0.3) is 0 Å². The number of nitrogens with zero attached hydrogens (tertiary/aromatic N) is 4. The second kappa shape index (κ2) is 4.82. The minimum absolute atomic E-state index is 0.0973. The van der Waals surface area contributed by atoms with Crippen LogP contribution in [-0.2, 0) is 4.79 Å². The second-order valence-corrected chi connectivity index (χ2v) is 6.61. The van der Waals surface area contributed by atoms with Gasteiger partial charge in [-0.3, -0.25) is 0 Å². The van der Waals surface area contributed by atoms with Gasteiger partial charge in [0.05, 0.1) is 29.9 Å². The summed E-state index contributed by atoms with van der Waals surface area (Å²) in [5, 5.41) is 25.0. The highest BCUT2D eigenvalue weighted by Gasteiger charge is 2.40. The maximum Gasteiger partial charge on any atom is 0.331 e. The van der Waals surface area contributed by atoms with E-state index in [0.29, 0.717) is 0 Å². The molecule has 4 rings (SSSR count). The number of aromatic nitrogens is 1. The van der Waals surface area contributed by atoms with E-state index in [1.165, 1.54) is 11.3 Å². The molecule has 0 saturated heterocycles. The molecular formula is C17H17N5O2. The Morgan fingerprint density at radius 1 is 1.50 bits per heavy atom. The van der Waals surface area contributed by atoms with Gasteiger partial charge in [-0.1, -0.05) is 0 Å². The predicted octanol–water partition coefficient (Wildman–Crippen LogP) is 2.19. The third-order valence-electron chi connectivity index (χ3n) is 4.73. The normalized spacial score (nSPS) is 28.3. The van der Waals surface area contributed by atoms with E-state index in [-0.39, 0.29) is 12.0 Å². The van der Waals surface area contributed by atoms with Crippen molar-refractivity contribution in [1.82, 2.24) is 9.99 Å². The molecule has 2 heterocycles. The Kier molecular flexibility index (Phi) is 2.96. The number of rotatable bonds is 3. The van der Waals surface area contributed by atoms with Crippen LogP contribution < -0.4 is 10.5 Å². The van der Waals surface area contributed by atoms with E-state index in [2.05, 4.69) is 27.2 Å². The molecule has 3 atom stereocenters. The molecule has 7 nitrogen and oxygen atoms in total. The summed E-state index contributed by atoms with van der Waals surface area (Å²) in [4.78, 5) is 11.3. The predicted molar refractivity (Wildman–Crippen MR) is 89.6 cm³/mol. The fourth-order valence-electron chi connectivity index (χ4n) is 3.22. The lowest BCUT2D eigenvalue weighted by Crippen LogP contribution is -2.51. The van der Waals surface area contributed by atoms with Gasteiger partial charge < -0.3 is 9.67 Å². The molecule has 2 aliphatic rings. The summed E-state index contributed by atoms with van der Waals surface area (Å²) < 4.78 is 2.22. The molecule has 24 heavy (non-hydrogen) atoms. The van der Waals surface area contributed by atoms with Gasteiger partial charge in [0.2, 0.25) is 0 Å². The molecule has 1 fully saturated rings. The van der Waals surface area contributed by atoms with Crippen LogP contribution in [0.15, 0.2) is 29.4 Å². The molecular weight excluding hydrogens is 306 g/mol. The number of hydrazine groups is 1. The average Bonchev–Trinajstić information content (AvgIpc) is 3.08. The quantitative estimate of drug-likeness (QED) is 0.903. The van der Waals surface area contributed by atoms with E-state index >= 15 is 0 Å². The lowest BCUT2D eigenvalue weighted by Gasteiger charge is -2.21. The first-order chi connectivity index (χ1) is 11.4. The van der Waals surface area contributed by atoms with Gasteiger partial charge >= 0.3 is 5.97 Å². The number of carboxylic acid groups (broad SMARTS) is 1. The highest BCUT2D eigenvalue weighted by molar-refractivity contribution is 6.00. The summed E-state index contributed by atoms with van der Waals surface area (Å²) in [7, 11) is 0. The first kappa shape index (κ1) is 14.7. The summed E-state index contributed by atoms with van der Waals surface area (Å²) in [5.74, 6) is -0.881. The topological polar surface area (TPSA) is 93.7 Å². The average molecular weight is 323 g/mol. The molecule has 0 spiro atoms. The summed E-state index contributed by atoms with van der Waals surface area (Å²) in [6, 6.07) is 10.6. The summed E-state index contributed by atoms with van der Waals surface area (Å²) in [5.41, 5.74) is 4.66. The number of hydrogen-bond acceptors (Lipinski definition) is 5. The largest absolute Gasteiger partial charge is 0.480 e. The number of anilines is 1. The minimum Gasteiger partial charge on any atom is -0.480 e. The minimum atomic E-state index is -1.20. The summed E-state index contributed by atoms with van der Waals surface area (Å²) in [6.07, 6.45) is 2.29. The molecule has 0 radical (unpaired) electrons. The van der Waals surface area contributed by atoms with E-state index in [0.717, 1.165) is 28.7 Å². The molecule has 3 unspecified atom stereocenters. The van der Waals surface area contributed by atoms with Gasteiger partial charge in [-0.05, 0) is 44.5 Å². The molecule has 1 aliphatic carbocycles. The van der Waals surface area contributed by atoms with Crippen LogP contribution in [0.2, 0.25) is 0 Å². The number of carbonyl (C=O) groups is 1. The standard InChI is InChI=1S/C17H17N5O2/c1-10-5-11-6-13(22-19-9-17(2,20-22)16(23)24)3-4-14(11)21(10)15-7-12(15)8-18/h3-6,9,12,15,20H,7H2,1-2H3,(H,23,24). The van der Waals surface area contributed by atoms with Gasteiger partial charge in [0.15, 0.2) is 5.54 Å². The van der Waals surface area contributed by atoms with Crippen LogP contribution in [0.25, 0.3) is 10.9 Å². The van der Waals surface area contributed by atoms with Gasteiger partial charge in [-0.15, -0.1) is 0 Å². The first-order valence-corrected chi connectivity index (χ1v) is 7.80. The molecule has 122 valence electrons. The number of hydrazone groups is 1. The Balaban J connectivity index is 1.68. The third-order valence-corrected chi connectivity index (χ3v) is 4.73. The fourth-order valence-corrected chi connectivity index (χ4v) is 3.22. The monoisotopic (exact) mass is 323 g/mol. The smallest absolute Gasteiger partial charge is 0.331 e. The van der Waals surface area contributed by atoms with E-state index in [9.17, 15) is 9.90 Å². The summed E-state index contributed by atoms with van der Waals surface area (Å²) in [6.45, 7) is 3.60. The highest BCUT2D eigenvalue weighted by Crippen LogP contribution is 2.45. The molecule has 1 aromatic carbocycles. The molecule has 2 aromatic rings. The number of hydrogen-bond donors (Lipinski definition) is 2. The molecule has 7 heteroatoms. The Morgan fingerprint density at radius 3 is 2.92 bits per heavy atom. The van der Waals surface area contributed by atoms with Crippen LogP contribution in [0.5, 0.6) is 0 Å². The van der Waals surface area contributed by atoms with E-state index in [4.69, 9.17) is 5.26 Å². The van der Waals surface area contributed by atoms with Gasteiger partial charge in [-0.25, -0.2) is 4.79 Å². The van der Waals surface area contributed by atoms with Crippen LogP contribution in [0, 0.1) is 24.2 Å². The van der Waals surface area contributed by atoms with Crippen molar-refractivity contribution in [2.45, 2.75) is 31.8 Å². The number of nitriles is 1. The summed E-state index contributed by atoms with van der Waals surface area (Å²) >= 11 is 0. The van der Waals surface area contributed by atoms with Crippen molar-refractivity contribution in [1.29, 1.82) is 5.26 Å². The fraction of sp³-hybridized carbons (Fsp3) is 0.353. The SMILES string of the molecule is Cc1cc2cc(N3N=CC(C)(C(=O)O)N3)ccc2n1C1CC1C#N.